The Morgan fingerprint density at radius 1 is 1.03 bits per heavy atom. The van der Waals surface area contributed by atoms with Crippen LogP contribution >= 0.6 is 0 Å². The molecular weight excluding hydrogens is 492 g/mol. The number of aromatic nitrogens is 1. The van der Waals surface area contributed by atoms with Gasteiger partial charge >= 0.3 is 0 Å². The van der Waals surface area contributed by atoms with Crippen LogP contribution in [0.25, 0.3) is 10.9 Å². The van der Waals surface area contributed by atoms with Gasteiger partial charge in [-0.25, -0.2) is 0 Å². The zero-order chi connectivity index (χ0) is 28.1. The summed E-state index contributed by atoms with van der Waals surface area (Å²) in [7, 11) is 0. The van der Waals surface area contributed by atoms with E-state index in [1.54, 1.807) is 13.0 Å². The van der Waals surface area contributed by atoms with E-state index in [2.05, 4.69) is 10.3 Å². The molecule has 7 heteroatoms. The summed E-state index contributed by atoms with van der Waals surface area (Å²) in [5, 5.41) is 15.7. The van der Waals surface area contributed by atoms with Gasteiger partial charge < -0.3 is 15.4 Å². The van der Waals surface area contributed by atoms with Crippen molar-refractivity contribution in [3.05, 3.63) is 71.0 Å². The van der Waals surface area contributed by atoms with Crippen molar-refractivity contribution < 1.29 is 24.3 Å². The fraction of sp³-hybridized carbons (Fsp3) is 0.438. The number of carbonyl (C=O) groups excluding carboxylic acids is 4. The molecule has 39 heavy (non-hydrogen) atoms. The van der Waals surface area contributed by atoms with Crippen molar-refractivity contribution in [1.82, 2.24) is 10.3 Å². The van der Waals surface area contributed by atoms with Crippen molar-refractivity contribution >= 4 is 34.2 Å². The van der Waals surface area contributed by atoms with E-state index in [1.165, 1.54) is 0 Å². The molecule has 6 atom stereocenters. The number of carbonyl (C=O) groups is 4. The molecule has 1 fully saturated rings. The van der Waals surface area contributed by atoms with Crippen molar-refractivity contribution in [2.24, 2.45) is 23.2 Å². The minimum atomic E-state index is -1.57. The number of benzene rings is 1. The lowest BCUT2D eigenvalue weighted by Crippen LogP contribution is -2.55. The summed E-state index contributed by atoms with van der Waals surface area (Å²) in [6.07, 6.45) is 6.96. The molecule has 0 saturated carbocycles. The van der Waals surface area contributed by atoms with E-state index in [9.17, 15) is 24.3 Å². The molecule has 1 aliphatic heterocycles. The molecule has 2 aliphatic carbocycles. The lowest BCUT2D eigenvalue weighted by atomic mass is 9.54. The summed E-state index contributed by atoms with van der Waals surface area (Å²) in [6.45, 7) is 7.33. The Morgan fingerprint density at radius 3 is 2.54 bits per heavy atom. The van der Waals surface area contributed by atoms with E-state index >= 15 is 0 Å². The van der Waals surface area contributed by atoms with Crippen molar-refractivity contribution in [2.45, 2.75) is 65.5 Å². The number of allylic oxidation sites excluding steroid dienone is 3. The van der Waals surface area contributed by atoms with Gasteiger partial charge in [-0.05, 0) is 62.3 Å². The van der Waals surface area contributed by atoms with E-state index in [0.29, 0.717) is 18.4 Å². The lowest BCUT2D eigenvalue weighted by molar-refractivity contribution is -0.148. The van der Waals surface area contributed by atoms with Gasteiger partial charge in [0.2, 0.25) is 17.5 Å². The Labute approximate surface area is 228 Å². The van der Waals surface area contributed by atoms with Gasteiger partial charge in [0.05, 0.1) is 6.10 Å². The minimum Gasteiger partial charge on any atom is -0.388 e. The molecule has 0 radical (unpaired) electrons. The highest BCUT2D eigenvalue weighted by molar-refractivity contribution is 6.43. The maximum Gasteiger partial charge on any atom is 0.235 e. The average Bonchev–Trinajstić information content (AvgIpc) is 3.45. The zero-order valence-corrected chi connectivity index (χ0v) is 22.9. The Kier molecular flexibility index (Phi) is 7.06. The van der Waals surface area contributed by atoms with Gasteiger partial charge in [-0.15, -0.1) is 0 Å². The van der Waals surface area contributed by atoms with Crippen LogP contribution in [-0.2, 0) is 25.6 Å². The van der Waals surface area contributed by atoms with Gasteiger partial charge in [0.25, 0.3) is 0 Å². The number of fused-ring (bicyclic) bond motifs is 1. The third kappa shape index (κ3) is 4.33. The standard InChI is InChI=1S/C32H36N2O5/c1-17-8-7-10-23-30(38)20(4)19(3)28-25(15-21-16-33-24-11-6-5-9-22(21)24)34-31(39)32(23,28)27(36)13-12-26(35)29(37)18(2)14-17/h5-7,9-11,14,16-17,23,25,28,30,33,38H,8,12-13,15H2,1-4H3,(H,34,39)/b10-7+,18-14-/t17-,23?,25-,28-,30+,32+/m0/s1. The summed E-state index contributed by atoms with van der Waals surface area (Å²) in [4.78, 5) is 57.0. The first-order valence-corrected chi connectivity index (χ1v) is 13.7. The van der Waals surface area contributed by atoms with Gasteiger partial charge in [-0.1, -0.05) is 48.9 Å². The van der Waals surface area contributed by atoms with E-state index in [0.717, 1.165) is 27.6 Å². The van der Waals surface area contributed by atoms with Crippen molar-refractivity contribution in [3.63, 3.8) is 0 Å². The van der Waals surface area contributed by atoms with Crippen LogP contribution in [0.3, 0.4) is 0 Å². The molecule has 1 unspecified atom stereocenters. The molecule has 1 amide bonds. The lowest BCUT2D eigenvalue weighted by Gasteiger charge is -2.46. The maximum absolute atomic E-state index is 14.2. The first kappa shape index (κ1) is 27.0. The van der Waals surface area contributed by atoms with Gasteiger partial charge in [0.1, 0.15) is 11.2 Å². The zero-order valence-electron chi connectivity index (χ0n) is 22.9. The van der Waals surface area contributed by atoms with Gasteiger partial charge in [-0.2, -0.15) is 0 Å². The molecule has 2 heterocycles. The first-order valence-electron chi connectivity index (χ1n) is 13.7. The highest BCUT2D eigenvalue weighted by Crippen LogP contribution is 2.55. The van der Waals surface area contributed by atoms with Crippen LogP contribution in [0.4, 0.5) is 0 Å². The topological polar surface area (TPSA) is 116 Å². The number of H-pyrrole nitrogens is 1. The Balaban J connectivity index is 1.62. The molecule has 1 aromatic heterocycles. The van der Waals surface area contributed by atoms with Gasteiger partial charge in [-0.3, -0.25) is 19.2 Å². The smallest absolute Gasteiger partial charge is 0.235 e. The third-order valence-electron chi connectivity index (χ3n) is 9.14. The number of aliphatic hydroxyl groups excluding tert-OH is 1. The second kappa shape index (κ2) is 10.2. The van der Waals surface area contributed by atoms with Crippen LogP contribution in [-0.4, -0.2) is 45.5 Å². The van der Waals surface area contributed by atoms with Crippen LogP contribution in [0, 0.1) is 23.2 Å². The van der Waals surface area contributed by atoms with Gasteiger partial charge in [0.15, 0.2) is 0 Å². The van der Waals surface area contributed by atoms with E-state index < -0.39 is 46.6 Å². The number of rotatable bonds is 2. The molecule has 204 valence electrons. The Morgan fingerprint density at radius 2 is 1.77 bits per heavy atom. The molecule has 1 saturated heterocycles. The Bertz CT molecular complexity index is 1460. The number of Topliss-reactive ketones (excluding diaryl/α,β-unsaturated/α-hetero) is 3. The van der Waals surface area contributed by atoms with Crippen LogP contribution in [0.1, 0.15) is 52.5 Å². The number of para-hydroxylation sites is 1. The first-order chi connectivity index (χ1) is 18.6. The second-order valence-corrected chi connectivity index (χ2v) is 11.5. The number of aliphatic hydroxyl groups is 1. The molecule has 1 spiro atoms. The average molecular weight is 529 g/mol. The molecule has 5 rings (SSSR count). The van der Waals surface area contributed by atoms with Crippen molar-refractivity contribution in [3.8, 4) is 0 Å². The second-order valence-electron chi connectivity index (χ2n) is 11.5. The summed E-state index contributed by atoms with van der Waals surface area (Å²) in [6, 6.07) is 7.57. The van der Waals surface area contributed by atoms with E-state index in [4.69, 9.17) is 0 Å². The van der Waals surface area contributed by atoms with Crippen LogP contribution in [0.5, 0.6) is 0 Å². The predicted molar refractivity (Wildman–Crippen MR) is 149 cm³/mol. The minimum absolute atomic E-state index is 0.0349. The van der Waals surface area contributed by atoms with E-state index in [-0.39, 0.29) is 24.8 Å². The monoisotopic (exact) mass is 528 g/mol. The SMILES string of the molecule is CC1=C(C)[C@H]2[C@H](Cc3c[nH]c4ccccc34)NC(=O)[C@]23C(=O)CCC(=O)C(=O)/C(C)=C\[C@@H](C)C/C=C/C3[C@@H]1O. The molecule has 2 aromatic rings. The number of nitrogens with one attached hydrogen (secondary N) is 2. The summed E-state index contributed by atoms with van der Waals surface area (Å²) >= 11 is 0. The number of hydrogen-bond acceptors (Lipinski definition) is 5. The van der Waals surface area contributed by atoms with E-state index in [1.807, 2.05) is 63.4 Å². The fourth-order valence-corrected chi connectivity index (χ4v) is 7.06. The summed E-state index contributed by atoms with van der Waals surface area (Å²) in [5.41, 5.74) is 2.41. The quantitative estimate of drug-likeness (QED) is 0.307. The number of aromatic amines is 1. The van der Waals surface area contributed by atoms with Crippen molar-refractivity contribution in [1.29, 1.82) is 0 Å². The van der Waals surface area contributed by atoms with Crippen LogP contribution in [0.15, 0.2) is 65.4 Å². The third-order valence-corrected chi connectivity index (χ3v) is 9.14. The predicted octanol–water partition coefficient (Wildman–Crippen LogP) is 4.17. The highest BCUT2D eigenvalue weighted by Gasteiger charge is 2.66. The normalized spacial score (nSPS) is 34.4. The maximum atomic E-state index is 14.2. The van der Waals surface area contributed by atoms with Crippen LogP contribution in [0.2, 0.25) is 0 Å². The fourth-order valence-electron chi connectivity index (χ4n) is 7.06. The molecular formula is C32H36N2O5. The van der Waals surface area contributed by atoms with Crippen LogP contribution < -0.4 is 5.32 Å². The highest BCUT2D eigenvalue weighted by atomic mass is 16.3. The van der Waals surface area contributed by atoms with Crippen molar-refractivity contribution in [2.75, 3.05) is 0 Å². The number of hydrogen-bond donors (Lipinski definition) is 3. The summed E-state index contributed by atoms with van der Waals surface area (Å²) in [5.74, 6) is -3.36. The molecule has 7 nitrogen and oxygen atoms in total. The Hall–Kier alpha value is -3.58. The number of amides is 1. The largest absolute Gasteiger partial charge is 0.388 e. The molecule has 0 bridgehead atoms. The summed E-state index contributed by atoms with van der Waals surface area (Å²) < 4.78 is 0. The molecule has 3 N–H and O–H groups in total. The van der Waals surface area contributed by atoms with Gasteiger partial charge in [0, 0.05) is 47.8 Å². The molecule has 1 aromatic carbocycles. The molecule has 3 aliphatic rings. The number of ketones is 3.